The number of terminal acetylenes is 1. The summed E-state index contributed by atoms with van der Waals surface area (Å²) in [7, 11) is 0. The average molecular weight is 221 g/mol. The second-order valence-corrected chi connectivity index (χ2v) is 4.86. The van der Waals surface area contributed by atoms with Crippen LogP contribution >= 0.6 is 0 Å². The molecule has 2 amide bonds. The number of nitrogens with two attached hydrogens (primary N) is 1. The molecule has 0 aliphatic carbocycles. The summed E-state index contributed by atoms with van der Waals surface area (Å²) in [5.74, 6) is 3.35. The van der Waals surface area contributed by atoms with E-state index in [4.69, 9.17) is 12.2 Å². The van der Waals surface area contributed by atoms with Gasteiger partial charge in [-0.15, -0.1) is 6.42 Å². The van der Waals surface area contributed by atoms with Crippen LogP contribution in [0.2, 0.25) is 0 Å². The minimum Gasteiger partial charge on any atom is -0.385 e. The predicted molar refractivity (Wildman–Crippen MR) is 65.0 cm³/mol. The number of urea groups is 1. The second-order valence-electron chi connectivity index (χ2n) is 4.86. The smallest absolute Gasteiger partial charge is 0.347 e. The SMILES string of the molecule is C#CC(C)N1C(=O)N=C(N)C1(C)CC(C)C. The molecule has 0 radical (unpaired) electrons. The van der Waals surface area contributed by atoms with Gasteiger partial charge in [-0.25, -0.2) is 4.79 Å². The molecule has 0 spiro atoms. The molecule has 1 aliphatic heterocycles. The zero-order valence-corrected chi connectivity index (χ0v) is 10.3. The van der Waals surface area contributed by atoms with E-state index in [1.54, 1.807) is 4.90 Å². The molecule has 16 heavy (non-hydrogen) atoms. The van der Waals surface area contributed by atoms with Gasteiger partial charge in [0.05, 0.1) is 6.04 Å². The van der Waals surface area contributed by atoms with Crippen LogP contribution in [0, 0.1) is 18.3 Å². The Morgan fingerprint density at radius 1 is 1.56 bits per heavy atom. The number of carbonyl (C=O) groups is 1. The topological polar surface area (TPSA) is 58.7 Å². The monoisotopic (exact) mass is 221 g/mol. The maximum Gasteiger partial charge on any atom is 0.347 e. The third-order valence-corrected chi connectivity index (χ3v) is 2.94. The molecule has 1 rings (SSSR count). The van der Waals surface area contributed by atoms with Crippen molar-refractivity contribution >= 4 is 11.9 Å². The van der Waals surface area contributed by atoms with Crippen LogP contribution in [0.25, 0.3) is 0 Å². The Morgan fingerprint density at radius 2 is 2.12 bits per heavy atom. The van der Waals surface area contributed by atoms with Gasteiger partial charge in [-0.1, -0.05) is 19.8 Å². The quantitative estimate of drug-likeness (QED) is 0.736. The van der Waals surface area contributed by atoms with E-state index >= 15 is 0 Å². The van der Waals surface area contributed by atoms with Gasteiger partial charge in [-0.05, 0) is 26.2 Å². The number of amides is 2. The zero-order chi connectivity index (χ0) is 12.5. The number of rotatable bonds is 3. The van der Waals surface area contributed by atoms with Crippen molar-refractivity contribution in [1.82, 2.24) is 4.90 Å². The molecule has 88 valence electrons. The van der Waals surface area contributed by atoms with E-state index in [9.17, 15) is 4.79 Å². The van der Waals surface area contributed by atoms with E-state index in [0.29, 0.717) is 11.8 Å². The molecule has 2 N–H and O–H groups in total. The third-order valence-electron chi connectivity index (χ3n) is 2.94. The molecular formula is C12H19N3O. The lowest BCUT2D eigenvalue weighted by molar-refractivity contribution is 0.153. The van der Waals surface area contributed by atoms with Crippen LogP contribution in [0.15, 0.2) is 4.99 Å². The first-order valence-corrected chi connectivity index (χ1v) is 5.47. The Kier molecular flexibility index (Phi) is 3.27. The van der Waals surface area contributed by atoms with Crippen molar-refractivity contribution in [2.45, 2.75) is 45.7 Å². The Labute approximate surface area is 96.9 Å². The molecule has 0 aromatic heterocycles. The highest BCUT2D eigenvalue weighted by atomic mass is 16.2. The Morgan fingerprint density at radius 3 is 2.56 bits per heavy atom. The fourth-order valence-electron chi connectivity index (χ4n) is 2.28. The van der Waals surface area contributed by atoms with Gasteiger partial charge in [-0.2, -0.15) is 4.99 Å². The molecule has 0 saturated heterocycles. The van der Waals surface area contributed by atoms with Gasteiger partial charge in [0.15, 0.2) is 0 Å². The molecule has 0 aromatic carbocycles. The lowest BCUT2D eigenvalue weighted by Crippen LogP contribution is -2.55. The standard InChI is InChI=1S/C12H19N3O/c1-6-9(4)15-11(16)14-10(13)12(15,5)7-8(2)3/h1,8-9H,7H2,2-5H3,(H2,13,14,16). The van der Waals surface area contributed by atoms with Crippen molar-refractivity contribution in [3.8, 4) is 12.3 Å². The Bertz CT molecular complexity index is 367. The van der Waals surface area contributed by atoms with Crippen LogP contribution in [0.3, 0.4) is 0 Å². The molecule has 2 atom stereocenters. The largest absolute Gasteiger partial charge is 0.385 e. The average Bonchev–Trinajstić information content (AvgIpc) is 2.35. The summed E-state index contributed by atoms with van der Waals surface area (Å²) in [5.41, 5.74) is 5.31. The van der Waals surface area contributed by atoms with E-state index in [1.165, 1.54) is 0 Å². The van der Waals surface area contributed by atoms with Gasteiger partial charge in [0.25, 0.3) is 0 Å². The van der Waals surface area contributed by atoms with Crippen molar-refractivity contribution in [1.29, 1.82) is 0 Å². The first-order valence-electron chi connectivity index (χ1n) is 5.47. The van der Waals surface area contributed by atoms with Gasteiger partial charge in [0.2, 0.25) is 0 Å². The fourth-order valence-corrected chi connectivity index (χ4v) is 2.28. The maximum atomic E-state index is 11.7. The predicted octanol–water partition coefficient (Wildman–Crippen LogP) is 1.61. The molecule has 0 fully saturated rings. The van der Waals surface area contributed by atoms with Crippen molar-refractivity contribution in [3.63, 3.8) is 0 Å². The van der Waals surface area contributed by atoms with E-state index in [0.717, 1.165) is 6.42 Å². The number of hydrogen-bond acceptors (Lipinski definition) is 2. The summed E-state index contributed by atoms with van der Waals surface area (Å²) in [6, 6.07) is -0.618. The summed E-state index contributed by atoms with van der Waals surface area (Å²) in [5, 5.41) is 0. The zero-order valence-electron chi connectivity index (χ0n) is 10.3. The molecule has 4 nitrogen and oxygen atoms in total. The number of carbonyl (C=O) groups excluding carboxylic acids is 1. The van der Waals surface area contributed by atoms with Gasteiger partial charge in [0.1, 0.15) is 11.4 Å². The Balaban J connectivity index is 3.08. The highest BCUT2D eigenvalue weighted by Gasteiger charge is 2.46. The lowest BCUT2D eigenvalue weighted by Gasteiger charge is -2.38. The van der Waals surface area contributed by atoms with E-state index in [2.05, 4.69) is 24.8 Å². The Hall–Kier alpha value is -1.50. The van der Waals surface area contributed by atoms with Crippen LogP contribution in [-0.4, -0.2) is 28.3 Å². The summed E-state index contributed by atoms with van der Waals surface area (Å²) in [4.78, 5) is 17.2. The lowest BCUT2D eigenvalue weighted by atomic mass is 9.88. The number of aliphatic imine (C=N–C) groups is 1. The van der Waals surface area contributed by atoms with Gasteiger partial charge >= 0.3 is 6.03 Å². The molecule has 2 unspecified atom stereocenters. The second kappa shape index (κ2) is 4.17. The van der Waals surface area contributed by atoms with Crippen molar-refractivity contribution in [3.05, 3.63) is 0 Å². The van der Waals surface area contributed by atoms with Crippen LogP contribution in [0.1, 0.15) is 34.1 Å². The molecule has 1 aliphatic rings. The van der Waals surface area contributed by atoms with Gasteiger partial charge in [0, 0.05) is 0 Å². The fraction of sp³-hybridized carbons (Fsp3) is 0.667. The van der Waals surface area contributed by atoms with Crippen molar-refractivity contribution in [2.24, 2.45) is 16.6 Å². The van der Waals surface area contributed by atoms with Gasteiger partial charge < -0.3 is 5.73 Å². The number of hydrogen-bond donors (Lipinski definition) is 1. The molecule has 0 saturated carbocycles. The first-order chi connectivity index (χ1) is 7.32. The van der Waals surface area contributed by atoms with Crippen LogP contribution in [-0.2, 0) is 0 Å². The minimum atomic E-state index is -0.545. The van der Waals surface area contributed by atoms with E-state index < -0.39 is 5.54 Å². The van der Waals surface area contributed by atoms with Crippen molar-refractivity contribution < 1.29 is 4.79 Å². The third kappa shape index (κ3) is 1.90. The maximum absolute atomic E-state index is 11.7. The molecule has 4 heteroatoms. The van der Waals surface area contributed by atoms with Crippen molar-refractivity contribution in [2.75, 3.05) is 0 Å². The normalized spacial score (nSPS) is 26.9. The summed E-state index contributed by atoms with van der Waals surface area (Å²) in [6.07, 6.45) is 6.14. The molecule has 1 heterocycles. The first kappa shape index (κ1) is 12.6. The summed E-state index contributed by atoms with van der Waals surface area (Å²) >= 11 is 0. The molecule has 0 aromatic rings. The van der Waals surface area contributed by atoms with E-state index in [1.807, 2.05) is 13.8 Å². The van der Waals surface area contributed by atoms with Crippen LogP contribution in [0.5, 0.6) is 0 Å². The molecular weight excluding hydrogens is 202 g/mol. The highest BCUT2D eigenvalue weighted by Crippen LogP contribution is 2.31. The van der Waals surface area contributed by atoms with Crippen LogP contribution < -0.4 is 5.73 Å². The summed E-state index contributed by atoms with van der Waals surface area (Å²) < 4.78 is 0. The highest BCUT2D eigenvalue weighted by molar-refractivity contribution is 6.05. The van der Waals surface area contributed by atoms with Gasteiger partial charge in [-0.3, -0.25) is 4.90 Å². The number of amidine groups is 1. The van der Waals surface area contributed by atoms with E-state index in [-0.39, 0.29) is 12.1 Å². The minimum absolute atomic E-state index is 0.291. The number of nitrogens with zero attached hydrogens (tertiary/aromatic N) is 2. The summed E-state index contributed by atoms with van der Waals surface area (Å²) in [6.45, 7) is 7.90. The molecule has 0 bridgehead atoms. The van der Waals surface area contributed by atoms with Crippen LogP contribution in [0.4, 0.5) is 4.79 Å².